The second-order valence-electron chi connectivity index (χ2n) is 7.51. The van der Waals surface area contributed by atoms with Crippen LogP contribution in [0.1, 0.15) is 6.23 Å². The molecule has 178 valence electrons. The van der Waals surface area contributed by atoms with Crippen molar-refractivity contribution in [2.24, 2.45) is 0 Å². The third-order valence-electron chi connectivity index (χ3n) is 5.73. The van der Waals surface area contributed by atoms with Gasteiger partial charge in [-0.2, -0.15) is 0 Å². The van der Waals surface area contributed by atoms with Gasteiger partial charge in [-0.25, -0.2) is 15.0 Å². The van der Waals surface area contributed by atoms with Gasteiger partial charge in [-0.3, -0.25) is 34.9 Å². The van der Waals surface area contributed by atoms with Crippen LogP contribution in [0.15, 0.2) is 36.2 Å². The molecule has 0 radical (unpaired) electrons. The van der Waals surface area contributed by atoms with E-state index in [0.29, 0.717) is 12.2 Å². The van der Waals surface area contributed by atoms with Crippen LogP contribution in [-0.2, 0) is 14.2 Å². The first kappa shape index (κ1) is 25.0. The van der Waals surface area contributed by atoms with Crippen molar-refractivity contribution in [3.05, 3.63) is 66.5 Å². The van der Waals surface area contributed by atoms with Gasteiger partial charge in [-0.1, -0.05) is 0 Å². The predicted octanol–water partition coefficient (Wildman–Crippen LogP) is -4.87. The Morgan fingerprint density at radius 1 is 1.09 bits per heavy atom. The van der Waals surface area contributed by atoms with E-state index in [4.69, 9.17) is 19.9 Å². The first-order chi connectivity index (χ1) is 16.2. The summed E-state index contributed by atoms with van der Waals surface area (Å²) in [7, 11) is 0. The van der Waals surface area contributed by atoms with Crippen molar-refractivity contribution in [1.82, 2.24) is 19.5 Å². The molecule has 0 bridgehead atoms. The number of allylic oxidation sites excluding steroid dienone is 1. The maximum Gasteiger partial charge on any atom is 1.00 e. The van der Waals surface area contributed by atoms with Crippen molar-refractivity contribution < 1.29 is 63.6 Å². The van der Waals surface area contributed by atoms with E-state index in [-0.39, 0.29) is 46.5 Å². The summed E-state index contributed by atoms with van der Waals surface area (Å²) in [6.45, 7) is -0.877. The van der Waals surface area contributed by atoms with Crippen LogP contribution in [-0.4, -0.2) is 71.0 Å². The number of hydrogen-bond acceptors (Lipinski definition) is 14. The zero-order valence-electron chi connectivity index (χ0n) is 17.7. The number of rotatable bonds is 5. The molecule has 3 aliphatic rings. The number of imidazole rings is 1. The summed E-state index contributed by atoms with van der Waals surface area (Å²) < 4.78 is 18.6. The van der Waals surface area contributed by atoms with Crippen LogP contribution >= 0.6 is 0 Å². The molecular weight excluding hydrogens is 487 g/mol. The summed E-state index contributed by atoms with van der Waals surface area (Å²) in [4.78, 5) is 43.8. The number of nitrogens with zero attached hydrogens (tertiary/aromatic N) is 7. The average molecular weight is 500 g/mol. The van der Waals surface area contributed by atoms with Gasteiger partial charge >= 0.3 is 47.1 Å². The van der Waals surface area contributed by atoms with E-state index in [0.717, 1.165) is 6.33 Å². The number of nitrogen functional groups attached to an aromatic ring is 1. The maximum atomic E-state index is 11.8. The summed E-state index contributed by atoms with van der Waals surface area (Å²) in [5.41, 5.74) is 4.25. The van der Waals surface area contributed by atoms with Gasteiger partial charge in [0.1, 0.15) is 24.1 Å². The molecule has 5 rings (SSSR count). The number of nitrogens with two attached hydrogens (primary N) is 1. The van der Waals surface area contributed by atoms with Crippen molar-refractivity contribution >= 4 is 17.0 Å². The molecule has 35 heavy (non-hydrogen) atoms. The number of aromatic nitrogens is 4. The predicted molar refractivity (Wildman–Crippen MR) is 102 cm³/mol. The Kier molecular flexibility index (Phi) is 6.30. The molecule has 2 N–H and O–H groups in total. The van der Waals surface area contributed by atoms with Crippen molar-refractivity contribution in [1.29, 1.82) is 0 Å². The fraction of sp³-hybridized carbons (Fsp3) is 0.438. The second kappa shape index (κ2) is 8.82. The Bertz CT molecular complexity index is 1300. The van der Waals surface area contributed by atoms with Crippen LogP contribution in [0.4, 0.5) is 5.82 Å². The van der Waals surface area contributed by atoms with Crippen molar-refractivity contribution in [2.45, 2.75) is 36.4 Å². The zero-order chi connectivity index (χ0) is 24.4. The third kappa shape index (κ3) is 3.66. The SMILES string of the molecule is Nc1ncnc2c1ncn2C1OC(C[O-])C2OC3(OC21)C([N+](=O)[O-])=CC([N+](=O)[O-])=CC3[N+](=O)[O-].[Na+]. The molecule has 18 nitrogen and oxygen atoms in total. The fourth-order valence-electron chi connectivity index (χ4n) is 4.29. The normalized spacial score (nSPS) is 31.5. The van der Waals surface area contributed by atoms with E-state index in [1.54, 1.807) is 0 Å². The number of fused-ring (bicyclic) bond motifs is 2. The molecule has 0 saturated carbocycles. The first-order valence-corrected chi connectivity index (χ1v) is 9.56. The molecule has 6 atom stereocenters. The summed E-state index contributed by atoms with van der Waals surface area (Å²) in [5.74, 6) is -2.60. The molecule has 6 unspecified atom stereocenters. The van der Waals surface area contributed by atoms with Gasteiger partial charge in [-0.05, 0) is 0 Å². The molecule has 0 amide bonds. The first-order valence-electron chi connectivity index (χ1n) is 9.56. The minimum Gasteiger partial charge on any atom is -0.853 e. The van der Waals surface area contributed by atoms with Crippen LogP contribution in [0.25, 0.3) is 11.2 Å². The molecule has 2 saturated heterocycles. The van der Waals surface area contributed by atoms with E-state index in [2.05, 4.69) is 15.0 Å². The molecule has 19 heteroatoms. The van der Waals surface area contributed by atoms with Crippen LogP contribution < -0.4 is 40.4 Å². The van der Waals surface area contributed by atoms with Crippen LogP contribution in [0.5, 0.6) is 0 Å². The van der Waals surface area contributed by atoms with E-state index < -0.39 is 69.1 Å². The van der Waals surface area contributed by atoms with Crippen LogP contribution in [0, 0.1) is 30.3 Å². The average Bonchev–Trinajstić information content (AvgIpc) is 3.46. The number of nitro groups is 3. The molecule has 2 fully saturated rings. The van der Waals surface area contributed by atoms with Crippen molar-refractivity contribution in [3.63, 3.8) is 0 Å². The Morgan fingerprint density at radius 2 is 1.80 bits per heavy atom. The van der Waals surface area contributed by atoms with Gasteiger partial charge in [0, 0.05) is 4.92 Å². The smallest absolute Gasteiger partial charge is 0.853 e. The number of ether oxygens (including phenoxy) is 3. The van der Waals surface area contributed by atoms with Gasteiger partial charge in [0.05, 0.1) is 34.4 Å². The summed E-state index contributed by atoms with van der Waals surface area (Å²) >= 11 is 0. The van der Waals surface area contributed by atoms with E-state index >= 15 is 0 Å². The van der Waals surface area contributed by atoms with Crippen molar-refractivity contribution in [3.8, 4) is 0 Å². The fourth-order valence-corrected chi connectivity index (χ4v) is 4.29. The van der Waals surface area contributed by atoms with Crippen LogP contribution in [0.2, 0.25) is 0 Å². The Labute approximate surface area is 215 Å². The van der Waals surface area contributed by atoms with Gasteiger partial charge in [0.15, 0.2) is 17.7 Å². The Hall–Kier alpha value is -3.13. The summed E-state index contributed by atoms with van der Waals surface area (Å²) in [6, 6.07) is -2.16. The third-order valence-corrected chi connectivity index (χ3v) is 5.73. The van der Waals surface area contributed by atoms with Crippen LogP contribution in [0.3, 0.4) is 0 Å². The molecule has 2 aromatic rings. The van der Waals surface area contributed by atoms with Gasteiger partial charge in [0.2, 0.25) is 0 Å². The monoisotopic (exact) mass is 500 g/mol. The standard InChI is InChI=1S/C16H13N8O10.Na/c17-13-10-14(19-4-18-13)21(5-20-10)15-12-11(7(3-25)32-15)33-16(34-12)8(23(28)29)1-6(22(26)27)2-9(16)24(30)31;/h1-2,4-5,7-8,11-12,15H,3H2,(H2,17,18,19);/q-1;+1. The molecule has 4 heterocycles. The van der Waals surface area contributed by atoms with E-state index in [1.807, 2.05) is 0 Å². The zero-order valence-corrected chi connectivity index (χ0v) is 19.7. The van der Waals surface area contributed by atoms with E-state index in [9.17, 15) is 35.4 Å². The quantitative estimate of drug-likeness (QED) is 0.230. The molecular formula is C16H13N8NaO10. The molecule has 2 aliphatic heterocycles. The Balaban J connectivity index is 0.00000289. The topological polar surface area (TPSA) is 250 Å². The minimum absolute atomic E-state index is 0. The van der Waals surface area contributed by atoms with Gasteiger partial charge in [0.25, 0.3) is 5.70 Å². The van der Waals surface area contributed by atoms with E-state index in [1.165, 1.54) is 10.9 Å². The molecule has 1 aliphatic carbocycles. The molecule has 2 aromatic heterocycles. The summed E-state index contributed by atoms with van der Waals surface area (Å²) in [5, 5.41) is 46.7. The Morgan fingerprint density at radius 3 is 2.43 bits per heavy atom. The maximum absolute atomic E-state index is 11.8. The number of hydrogen-bond donors (Lipinski definition) is 1. The van der Waals surface area contributed by atoms with Gasteiger partial charge in [-0.15, -0.1) is 6.61 Å². The second-order valence-corrected chi connectivity index (χ2v) is 7.51. The summed E-state index contributed by atoms with van der Waals surface area (Å²) in [6.07, 6.45) is -1.43. The number of anilines is 1. The van der Waals surface area contributed by atoms with Gasteiger partial charge < -0.3 is 25.1 Å². The molecule has 1 spiro atoms. The minimum atomic E-state index is -2.65. The largest absolute Gasteiger partial charge is 1.00 e. The van der Waals surface area contributed by atoms with Crippen molar-refractivity contribution in [2.75, 3.05) is 12.3 Å². The molecule has 0 aromatic carbocycles.